The predicted molar refractivity (Wildman–Crippen MR) is 117 cm³/mol. The Balaban J connectivity index is 1.46. The van der Waals surface area contributed by atoms with Crippen LogP contribution in [-0.2, 0) is 4.74 Å². The molecule has 1 aromatic heterocycles. The number of carbonyl (C=O) groups excluding carboxylic acids is 1. The Kier molecular flexibility index (Phi) is 6.47. The molecule has 1 aliphatic heterocycles. The fourth-order valence-corrected chi connectivity index (χ4v) is 3.81. The molecule has 7 heteroatoms. The Hall–Kier alpha value is -2.67. The molecule has 2 aromatic carbocycles. The lowest BCUT2D eigenvalue weighted by Crippen LogP contribution is -2.43. The molecule has 3 aromatic rings. The van der Waals surface area contributed by atoms with Crippen LogP contribution in [0.15, 0.2) is 60.9 Å². The van der Waals surface area contributed by atoms with Crippen LogP contribution in [0, 0.1) is 6.92 Å². The van der Waals surface area contributed by atoms with Crippen molar-refractivity contribution in [2.24, 2.45) is 0 Å². The van der Waals surface area contributed by atoms with E-state index in [2.05, 4.69) is 46.5 Å². The number of halogens is 1. The summed E-state index contributed by atoms with van der Waals surface area (Å²) in [5, 5.41) is 8.01. The summed E-state index contributed by atoms with van der Waals surface area (Å²) in [6.07, 6.45) is 3.29. The van der Waals surface area contributed by atoms with E-state index in [4.69, 9.17) is 16.3 Å². The molecule has 4 rings (SSSR count). The lowest BCUT2D eigenvalue weighted by molar-refractivity contribution is 0.0162. The van der Waals surface area contributed by atoms with Gasteiger partial charge in [0.1, 0.15) is 0 Å². The average Bonchev–Trinajstić information content (AvgIpc) is 3.26. The van der Waals surface area contributed by atoms with Crippen LogP contribution < -0.4 is 5.32 Å². The van der Waals surface area contributed by atoms with Gasteiger partial charge in [-0.15, -0.1) is 0 Å². The van der Waals surface area contributed by atoms with Crippen molar-refractivity contribution in [2.75, 3.05) is 32.8 Å². The molecule has 1 amide bonds. The second-order valence-electron chi connectivity index (χ2n) is 7.44. The molecule has 0 spiro atoms. The molecule has 156 valence electrons. The van der Waals surface area contributed by atoms with Gasteiger partial charge in [0.25, 0.3) is 5.91 Å². The van der Waals surface area contributed by atoms with E-state index in [0.717, 1.165) is 18.8 Å². The Morgan fingerprint density at radius 1 is 1.20 bits per heavy atom. The van der Waals surface area contributed by atoms with E-state index in [0.29, 0.717) is 30.3 Å². The van der Waals surface area contributed by atoms with Crippen LogP contribution in [0.3, 0.4) is 0 Å². The van der Waals surface area contributed by atoms with Crippen LogP contribution in [-0.4, -0.2) is 53.4 Å². The van der Waals surface area contributed by atoms with Crippen molar-refractivity contribution in [1.82, 2.24) is 20.0 Å². The average molecular weight is 425 g/mol. The molecule has 1 saturated heterocycles. The van der Waals surface area contributed by atoms with Crippen molar-refractivity contribution in [1.29, 1.82) is 0 Å². The lowest BCUT2D eigenvalue weighted by atomic mass is 10.0. The number of aromatic nitrogens is 2. The van der Waals surface area contributed by atoms with Gasteiger partial charge in [-0.3, -0.25) is 9.69 Å². The van der Waals surface area contributed by atoms with E-state index in [1.807, 2.05) is 18.2 Å². The molecule has 6 nitrogen and oxygen atoms in total. The number of aryl methyl sites for hydroxylation is 1. The summed E-state index contributed by atoms with van der Waals surface area (Å²) in [4.78, 5) is 15.2. The standard InChI is InChI=1S/C23H25ClN4O2/c1-17-5-7-18(8-6-17)22(27-9-11-30-12-10-27)15-25-23(29)19-14-26-28(16-19)21-4-2-3-20(24)13-21/h2-8,13-14,16,22H,9-12,15H2,1H3,(H,25,29). The molecule has 0 saturated carbocycles. The van der Waals surface area contributed by atoms with E-state index >= 15 is 0 Å². The summed E-state index contributed by atoms with van der Waals surface area (Å²) in [6, 6.07) is 16.0. The molecule has 0 aliphatic carbocycles. The summed E-state index contributed by atoms with van der Waals surface area (Å²) >= 11 is 6.06. The normalized spacial score (nSPS) is 15.7. The van der Waals surface area contributed by atoms with Gasteiger partial charge in [-0.2, -0.15) is 5.10 Å². The molecule has 2 heterocycles. The highest BCUT2D eigenvalue weighted by molar-refractivity contribution is 6.30. The highest BCUT2D eigenvalue weighted by Crippen LogP contribution is 2.22. The molecule has 0 bridgehead atoms. The summed E-state index contributed by atoms with van der Waals surface area (Å²) in [6.45, 7) is 5.71. The van der Waals surface area contributed by atoms with Gasteiger partial charge in [0.2, 0.25) is 0 Å². The Labute approximate surface area is 181 Å². The van der Waals surface area contributed by atoms with Gasteiger partial charge >= 0.3 is 0 Å². The molecular weight excluding hydrogens is 400 g/mol. The molecule has 1 unspecified atom stereocenters. The molecule has 30 heavy (non-hydrogen) atoms. The van der Waals surface area contributed by atoms with Crippen molar-refractivity contribution < 1.29 is 9.53 Å². The van der Waals surface area contributed by atoms with E-state index in [-0.39, 0.29) is 11.9 Å². The fourth-order valence-electron chi connectivity index (χ4n) is 3.63. The van der Waals surface area contributed by atoms with E-state index in [1.165, 1.54) is 11.1 Å². The first-order valence-corrected chi connectivity index (χ1v) is 10.4. The minimum atomic E-state index is -0.145. The number of benzene rings is 2. The first kappa shape index (κ1) is 20.6. The highest BCUT2D eigenvalue weighted by atomic mass is 35.5. The van der Waals surface area contributed by atoms with Crippen LogP contribution in [0.5, 0.6) is 0 Å². The third kappa shape index (κ3) is 4.90. The van der Waals surface area contributed by atoms with Crippen molar-refractivity contribution >= 4 is 17.5 Å². The van der Waals surface area contributed by atoms with Crippen molar-refractivity contribution in [3.63, 3.8) is 0 Å². The molecule has 1 atom stereocenters. The highest BCUT2D eigenvalue weighted by Gasteiger charge is 2.23. The second kappa shape index (κ2) is 9.43. The Morgan fingerprint density at radius 3 is 2.70 bits per heavy atom. The maximum absolute atomic E-state index is 12.8. The predicted octanol–water partition coefficient (Wildman–Crippen LogP) is 3.64. The topological polar surface area (TPSA) is 59.4 Å². The van der Waals surface area contributed by atoms with Gasteiger partial charge < -0.3 is 10.1 Å². The van der Waals surface area contributed by atoms with E-state index < -0.39 is 0 Å². The number of carbonyl (C=O) groups is 1. The SMILES string of the molecule is Cc1ccc(C(CNC(=O)c2cnn(-c3cccc(Cl)c3)c2)N2CCOCC2)cc1. The van der Waals surface area contributed by atoms with Gasteiger partial charge in [-0.1, -0.05) is 47.5 Å². The maximum atomic E-state index is 12.8. The largest absolute Gasteiger partial charge is 0.379 e. The van der Waals surface area contributed by atoms with Gasteiger partial charge in [0.05, 0.1) is 36.7 Å². The number of nitrogens with one attached hydrogen (secondary N) is 1. The van der Waals surface area contributed by atoms with E-state index in [1.54, 1.807) is 23.1 Å². The van der Waals surface area contributed by atoms with Crippen LogP contribution in [0.1, 0.15) is 27.5 Å². The summed E-state index contributed by atoms with van der Waals surface area (Å²) < 4.78 is 7.16. The first-order valence-electron chi connectivity index (χ1n) is 10.1. The molecular formula is C23H25ClN4O2. The molecule has 1 fully saturated rings. The van der Waals surface area contributed by atoms with Crippen molar-refractivity contribution in [3.8, 4) is 5.69 Å². The number of morpholine rings is 1. The third-order valence-electron chi connectivity index (χ3n) is 5.32. The first-order chi connectivity index (χ1) is 14.6. The molecule has 1 aliphatic rings. The second-order valence-corrected chi connectivity index (χ2v) is 7.87. The van der Waals surface area contributed by atoms with Gasteiger partial charge in [0, 0.05) is 30.9 Å². The van der Waals surface area contributed by atoms with E-state index in [9.17, 15) is 4.79 Å². The zero-order chi connectivity index (χ0) is 20.9. The summed E-state index contributed by atoms with van der Waals surface area (Å²) in [5.74, 6) is -0.145. The zero-order valence-corrected chi connectivity index (χ0v) is 17.7. The van der Waals surface area contributed by atoms with Crippen molar-refractivity contribution in [2.45, 2.75) is 13.0 Å². The number of amides is 1. The summed E-state index contributed by atoms with van der Waals surface area (Å²) in [7, 11) is 0. The Morgan fingerprint density at radius 2 is 1.97 bits per heavy atom. The van der Waals surface area contributed by atoms with Crippen LogP contribution >= 0.6 is 11.6 Å². The quantitative estimate of drug-likeness (QED) is 0.656. The minimum Gasteiger partial charge on any atom is -0.379 e. The van der Waals surface area contributed by atoms with Gasteiger partial charge in [0.15, 0.2) is 0 Å². The number of rotatable bonds is 6. The molecule has 0 radical (unpaired) electrons. The van der Waals surface area contributed by atoms with Crippen LogP contribution in [0.4, 0.5) is 0 Å². The van der Waals surface area contributed by atoms with Gasteiger partial charge in [-0.05, 0) is 30.7 Å². The number of ether oxygens (including phenoxy) is 1. The lowest BCUT2D eigenvalue weighted by Gasteiger charge is -2.35. The number of hydrogen-bond acceptors (Lipinski definition) is 4. The summed E-state index contributed by atoms with van der Waals surface area (Å²) in [5.41, 5.74) is 3.74. The Bertz CT molecular complexity index is 996. The van der Waals surface area contributed by atoms with Crippen LogP contribution in [0.25, 0.3) is 5.69 Å². The minimum absolute atomic E-state index is 0.0985. The monoisotopic (exact) mass is 424 g/mol. The smallest absolute Gasteiger partial charge is 0.254 e. The van der Waals surface area contributed by atoms with Crippen molar-refractivity contribution in [3.05, 3.63) is 82.6 Å². The third-order valence-corrected chi connectivity index (χ3v) is 5.56. The molecule has 1 N–H and O–H groups in total. The van der Waals surface area contributed by atoms with Crippen LogP contribution in [0.2, 0.25) is 5.02 Å². The number of hydrogen-bond donors (Lipinski definition) is 1. The number of nitrogens with zero attached hydrogens (tertiary/aromatic N) is 3. The maximum Gasteiger partial charge on any atom is 0.254 e. The van der Waals surface area contributed by atoms with Gasteiger partial charge in [-0.25, -0.2) is 4.68 Å². The fraction of sp³-hybridized carbons (Fsp3) is 0.304. The zero-order valence-electron chi connectivity index (χ0n) is 16.9.